The van der Waals surface area contributed by atoms with E-state index in [0.717, 1.165) is 22.5 Å². The number of nitrogens with zero attached hydrogens (tertiary/aromatic N) is 4. The molecule has 0 aliphatic heterocycles. The van der Waals surface area contributed by atoms with E-state index in [2.05, 4.69) is 31.0 Å². The van der Waals surface area contributed by atoms with Gasteiger partial charge in [-0.2, -0.15) is 10.2 Å². The molecule has 10 N–H and O–H groups in total. The predicted octanol–water partition coefficient (Wildman–Crippen LogP) is 1.49. The largest absolute Gasteiger partial charge is 0.369 e. The summed E-state index contributed by atoms with van der Waals surface area (Å²) in [5.74, 6) is -0.179. The van der Waals surface area contributed by atoms with Crippen molar-refractivity contribution in [3.05, 3.63) is 59.7 Å². The molecule has 2 aromatic carbocycles. The highest BCUT2D eigenvalue weighted by molar-refractivity contribution is 7.80. The number of anilines is 2. The van der Waals surface area contributed by atoms with E-state index in [9.17, 15) is 0 Å². The summed E-state index contributed by atoms with van der Waals surface area (Å²) in [6.07, 6.45) is 0. The van der Waals surface area contributed by atoms with E-state index < -0.39 is 0 Å². The maximum Gasteiger partial charge on any atom is 0.211 e. The predicted molar refractivity (Wildman–Crippen MR) is 129 cm³/mol. The molecule has 0 atom stereocenters. The van der Waals surface area contributed by atoms with Gasteiger partial charge in [-0.1, -0.05) is 24.3 Å². The topological polar surface area (TPSA) is 178 Å². The van der Waals surface area contributed by atoms with E-state index in [1.807, 2.05) is 62.4 Å². The zero-order valence-electron chi connectivity index (χ0n) is 16.6. The van der Waals surface area contributed by atoms with Crippen LogP contribution in [0.3, 0.4) is 0 Å². The molecule has 0 unspecified atom stereocenters. The quantitative estimate of drug-likeness (QED) is 0.176. The molecule has 0 radical (unpaired) electrons. The van der Waals surface area contributed by atoms with Crippen LogP contribution in [0.4, 0.5) is 11.4 Å². The number of rotatable bonds is 6. The molecule has 0 spiro atoms. The second-order valence-electron chi connectivity index (χ2n) is 6.15. The molecule has 0 aromatic heterocycles. The first-order chi connectivity index (χ1) is 14.2. The number of hydrogen-bond acceptors (Lipinski definition) is 5. The highest BCUT2D eigenvalue weighted by Crippen LogP contribution is 2.14. The lowest BCUT2D eigenvalue weighted by Crippen LogP contribution is -2.22. The number of nitrogens with two attached hydrogens (primary N) is 4. The molecule has 30 heavy (non-hydrogen) atoms. The van der Waals surface area contributed by atoms with Gasteiger partial charge in [-0.15, -0.1) is 10.2 Å². The van der Waals surface area contributed by atoms with Crippen LogP contribution < -0.4 is 33.6 Å². The molecule has 2 aromatic rings. The zero-order chi connectivity index (χ0) is 22.1. The molecular weight excluding hydrogens is 400 g/mol. The van der Waals surface area contributed by atoms with E-state index in [-0.39, 0.29) is 11.9 Å². The fourth-order valence-electron chi connectivity index (χ4n) is 2.26. The molecule has 0 saturated heterocycles. The average molecular weight is 425 g/mol. The van der Waals surface area contributed by atoms with Crippen molar-refractivity contribution in [1.82, 2.24) is 0 Å². The van der Waals surface area contributed by atoms with Gasteiger partial charge in [0.15, 0.2) is 5.11 Å². The standard InChI is InChI=1S/C19H24N10S/c1-11(26-28-17(20)21)13-3-7-15(8-4-13)24-19(30)25-16-9-5-14(6-10-16)12(2)27-29-18(22)23/h3-10H,1-2H3,(H4,20,21,28)(H4,22,23,29)(H2,24,25,30)/b26-11+,27-12+. The van der Waals surface area contributed by atoms with Gasteiger partial charge in [-0.05, 0) is 61.5 Å². The number of hydrogen-bond donors (Lipinski definition) is 6. The van der Waals surface area contributed by atoms with Crippen molar-refractivity contribution in [2.75, 3.05) is 10.6 Å². The van der Waals surface area contributed by atoms with Crippen LogP contribution in [-0.4, -0.2) is 28.5 Å². The van der Waals surface area contributed by atoms with Crippen LogP contribution in [0.2, 0.25) is 0 Å². The summed E-state index contributed by atoms with van der Waals surface area (Å²) >= 11 is 5.37. The second kappa shape index (κ2) is 10.5. The molecule has 0 aliphatic rings. The highest BCUT2D eigenvalue weighted by atomic mass is 32.1. The third-order valence-electron chi connectivity index (χ3n) is 3.75. The zero-order valence-corrected chi connectivity index (χ0v) is 17.4. The summed E-state index contributed by atoms with van der Waals surface area (Å²) in [7, 11) is 0. The molecule has 0 saturated carbocycles. The Morgan fingerprint density at radius 1 is 0.633 bits per heavy atom. The molecule has 10 nitrogen and oxygen atoms in total. The molecule has 0 bridgehead atoms. The van der Waals surface area contributed by atoms with Gasteiger partial charge in [0.1, 0.15) is 0 Å². The van der Waals surface area contributed by atoms with Crippen LogP contribution >= 0.6 is 12.2 Å². The van der Waals surface area contributed by atoms with E-state index in [4.69, 9.17) is 35.2 Å². The lowest BCUT2D eigenvalue weighted by Gasteiger charge is -2.11. The first kappa shape index (κ1) is 22.3. The van der Waals surface area contributed by atoms with Crippen molar-refractivity contribution in [2.24, 2.45) is 43.3 Å². The Bertz CT molecular complexity index is 915. The highest BCUT2D eigenvalue weighted by Gasteiger charge is 2.03. The van der Waals surface area contributed by atoms with Crippen LogP contribution in [0.15, 0.2) is 68.9 Å². The molecule has 0 fully saturated rings. The minimum absolute atomic E-state index is 0.0895. The lowest BCUT2D eigenvalue weighted by atomic mass is 10.1. The van der Waals surface area contributed by atoms with Crippen molar-refractivity contribution < 1.29 is 0 Å². The van der Waals surface area contributed by atoms with Gasteiger partial charge in [-0.25, -0.2) is 0 Å². The molecule has 0 amide bonds. The Kier molecular flexibility index (Phi) is 7.82. The van der Waals surface area contributed by atoms with Crippen molar-refractivity contribution in [3.63, 3.8) is 0 Å². The summed E-state index contributed by atoms with van der Waals surface area (Å²) in [5, 5.41) is 21.9. The summed E-state index contributed by atoms with van der Waals surface area (Å²) in [4.78, 5) is 0. The molecule has 0 heterocycles. The lowest BCUT2D eigenvalue weighted by molar-refractivity contribution is 1.20. The maximum absolute atomic E-state index is 5.37. The van der Waals surface area contributed by atoms with Crippen LogP contribution in [0.25, 0.3) is 0 Å². The minimum Gasteiger partial charge on any atom is -0.369 e. The fourth-order valence-corrected chi connectivity index (χ4v) is 2.50. The first-order valence-corrected chi connectivity index (χ1v) is 9.20. The second-order valence-corrected chi connectivity index (χ2v) is 6.56. The SMILES string of the molecule is C/C(=N\N=C(N)N)c1ccc(NC(=S)Nc2ccc(/C(C)=N/N=C(N)N)cc2)cc1. The minimum atomic E-state index is -0.0895. The van der Waals surface area contributed by atoms with Crippen molar-refractivity contribution >= 4 is 52.0 Å². The number of guanidine groups is 2. The van der Waals surface area contributed by atoms with E-state index in [1.54, 1.807) is 0 Å². The monoisotopic (exact) mass is 424 g/mol. The van der Waals surface area contributed by atoms with Gasteiger partial charge in [-0.3, -0.25) is 0 Å². The third-order valence-corrected chi connectivity index (χ3v) is 3.96. The van der Waals surface area contributed by atoms with E-state index in [0.29, 0.717) is 16.5 Å². The number of thiocarbonyl (C=S) groups is 1. The summed E-state index contributed by atoms with van der Waals surface area (Å²) in [5.41, 5.74) is 25.9. The van der Waals surface area contributed by atoms with Crippen molar-refractivity contribution in [2.45, 2.75) is 13.8 Å². The molecule has 11 heteroatoms. The van der Waals surface area contributed by atoms with Crippen LogP contribution in [0.5, 0.6) is 0 Å². The summed E-state index contributed by atoms with van der Waals surface area (Å²) in [6.45, 7) is 3.63. The Labute approximate surface area is 179 Å². The third kappa shape index (κ3) is 7.20. The molecular formula is C19H24N10S. The Balaban J connectivity index is 1.97. The van der Waals surface area contributed by atoms with Gasteiger partial charge < -0.3 is 33.6 Å². The maximum atomic E-state index is 5.37. The van der Waals surface area contributed by atoms with Gasteiger partial charge in [0.05, 0.1) is 11.4 Å². The van der Waals surface area contributed by atoms with Gasteiger partial charge in [0, 0.05) is 11.4 Å². The molecule has 156 valence electrons. The van der Waals surface area contributed by atoms with E-state index in [1.165, 1.54) is 0 Å². The molecule has 0 aliphatic carbocycles. The average Bonchev–Trinajstić information content (AvgIpc) is 2.71. The summed E-state index contributed by atoms with van der Waals surface area (Å²) < 4.78 is 0. The van der Waals surface area contributed by atoms with Gasteiger partial charge in [0.2, 0.25) is 11.9 Å². The van der Waals surface area contributed by atoms with Crippen LogP contribution in [0, 0.1) is 0 Å². The van der Waals surface area contributed by atoms with E-state index >= 15 is 0 Å². The Hall–Kier alpha value is -3.99. The Morgan fingerprint density at radius 2 is 0.967 bits per heavy atom. The normalized spacial score (nSPS) is 11.4. The Morgan fingerprint density at radius 3 is 1.27 bits per heavy atom. The summed E-state index contributed by atoms with van der Waals surface area (Å²) in [6, 6.07) is 15.1. The number of benzene rings is 2. The van der Waals surface area contributed by atoms with Crippen molar-refractivity contribution in [1.29, 1.82) is 0 Å². The smallest absolute Gasteiger partial charge is 0.211 e. The van der Waals surface area contributed by atoms with Gasteiger partial charge in [0.25, 0.3) is 0 Å². The molecule has 2 rings (SSSR count). The first-order valence-electron chi connectivity index (χ1n) is 8.80. The van der Waals surface area contributed by atoms with Gasteiger partial charge >= 0.3 is 0 Å². The van der Waals surface area contributed by atoms with Crippen LogP contribution in [0.1, 0.15) is 25.0 Å². The van der Waals surface area contributed by atoms with Crippen LogP contribution in [-0.2, 0) is 0 Å². The number of nitrogens with one attached hydrogen (secondary N) is 2. The fraction of sp³-hybridized carbons (Fsp3) is 0.105. The van der Waals surface area contributed by atoms with Crippen molar-refractivity contribution in [3.8, 4) is 0 Å².